The van der Waals surface area contributed by atoms with E-state index in [1.807, 2.05) is 43.3 Å². The summed E-state index contributed by atoms with van der Waals surface area (Å²) in [5.41, 5.74) is 3.48. The first-order valence-corrected chi connectivity index (χ1v) is 8.75. The Labute approximate surface area is 154 Å². The van der Waals surface area contributed by atoms with Crippen LogP contribution in [0.25, 0.3) is 10.4 Å². The minimum absolute atomic E-state index is 0.480. The molecule has 2 aromatic carbocycles. The highest BCUT2D eigenvalue weighted by atomic mass is 35.5. The summed E-state index contributed by atoms with van der Waals surface area (Å²) in [5, 5.41) is 11.2. The lowest BCUT2D eigenvalue weighted by Gasteiger charge is -1.97. The maximum Gasteiger partial charge on any atom is 0.134 e. The molecule has 0 aliphatic heterocycles. The minimum Gasteiger partial charge on any atom is -0.244 e. The van der Waals surface area contributed by atoms with E-state index < -0.39 is 0 Å². The van der Waals surface area contributed by atoms with Gasteiger partial charge in [-0.2, -0.15) is 5.26 Å². The number of rotatable bonds is 3. The van der Waals surface area contributed by atoms with E-state index in [9.17, 15) is 5.26 Å². The third-order valence-electron chi connectivity index (χ3n) is 3.55. The minimum atomic E-state index is 0.480. The number of benzene rings is 2. The second-order valence-corrected chi connectivity index (χ2v) is 6.96. The van der Waals surface area contributed by atoms with Gasteiger partial charge in [-0.3, -0.25) is 0 Å². The highest BCUT2D eigenvalue weighted by molar-refractivity contribution is 7.19. The normalized spacial score (nSPS) is 10.9. The SMILES string of the molecule is Cc1c(-c2ccccc2)sc(N=Cc2ccc(Cl)c(Cl)c2)c1C#N. The van der Waals surface area contributed by atoms with Crippen LogP contribution in [0.1, 0.15) is 16.7 Å². The molecule has 1 heterocycles. The molecule has 0 bridgehead atoms. The van der Waals surface area contributed by atoms with Gasteiger partial charge < -0.3 is 0 Å². The van der Waals surface area contributed by atoms with Crippen molar-refractivity contribution < 1.29 is 0 Å². The second kappa shape index (κ2) is 7.19. The molecule has 0 aliphatic carbocycles. The van der Waals surface area contributed by atoms with Gasteiger partial charge in [0.2, 0.25) is 0 Å². The molecule has 0 atom stereocenters. The molecule has 0 saturated heterocycles. The number of halogens is 2. The van der Waals surface area contributed by atoms with E-state index >= 15 is 0 Å². The highest BCUT2D eigenvalue weighted by Gasteiger charge is 2.15. The molecule has 0 N–H and O–H groups in total. The summed E-state index contributed by atoms with van der Waals surface area (Å²) in [7, 11) is 0. The van der Waals surface area contributed by atoms with Crippen LogP contribution >= 0.6 is 34.5 Å². The molecule has 0 radical (unpaired) electrons. The number of nitriles is 1. The fraction of sp³-hybridized carbons (Fsp3) is 0.0526. The summed E-state index contributed by atoms with van der Waals surface area (Å²) >= 11 is 13.5. The van der Waals surface area contributed by atoms with Crippen LogP contribution in [0, 0.1) is 18.3 Å². The van der Waals surface area contributed by atoms with Crippen molar-refractivity contribution in [2.24, 2.45) is 4.99 Å². The molecule has 118 valence electrons. The van der Waals surface area contributed by atoms with Crippen LogP contribution in [0.15, 0.2) is 53.5 Å². The maximum atomic E-state index is 9.48. The van der Waals surface area contributed by atoms with Crippen molar-refractivity contribution in [2.45, 2.75) is 6.92 Å². The van der Waals surface area contributed by atoms with E-state index in [1.165, 1.54) is 11.3 Å². The van der Waals surface area contributed by atoms with Gasteiger partial charge in [-0.15, -0.1) is 11.3 Å². The van der Waals surface area contributed by atoms with E-state index in [-0.39, 0.29) is 0 Å². The summed E-state index contributed by atoms with van der Waals surface area (Å²) in [4.78, 5) is 5.56. The maximum absolute atomic E-state index is 9.48. The van der Waals surface area contributed by atoms with Crippen LogP contribution in [0.2, 0.25) is 10.0 Å². The lowest BCUT2D eigenvalue weighted by atomic mass is 10.1. The zero-order valence-corrected chi connectivity index (χ0v) is 15.1. The van der Waals surface area contributed by atoms with Crippen LogP contribution in [-0.4, -0.2) is 6.21 Å². The molecule has 3 aromatic rings. The second-order valence-electron chi connectivity index (χ2n) is 5.15. The molecule has 0 spiro atoms. The van der Waals surface area contributed by atoms with Crippen LogP contribution in [0.4, 0.5) is 5.00 Å². The van der Waals surface area contributed by atoms with Gasteiger partial charge in [-0.05, 0) is 35.7 Å². The zero-order chi connectivity index (χ0) is 17.1. The highest BCUT2D eigenvalue weighted by Crippen LogP contribution is 2.41. The van der Waals surface area contributed by atoms with Gasteiger partial charge in [0, 0.05) is 11.1 Å². The van der Waals surface area contributed by atoms with Gasteiger partial charge in [-0.1, -0.05) is 59.6 Å². The fourth-order valence-electron chi connectivity index (χ4n) is 2.31. The van der Waals surface area contributed by atoms with Gasteiger partial charge in [0.15, 0.2) is 0 Å². The standard InChI is InChI=1S/C19H12Cl2N2S/c1-12-15(10-22)19(24-18(12)14-5-3-2-4-6-14)23-11-13-7-8-16(20)17(21)9-13/h2-9,11H,1H3. The summed E-state index contributed by atoms with van der Waals surface area (Å²) in [6.07, 6.45) is 1.70. The molecule has 0 fully saturated rings. The third-order valence-corrected chi connectivity index (χ3v) is 5.54. The monoisotopic (exact) mass is 370 g/mol. The Morgan fingerprint density at radius 1 is 1.08 bits per heavy atom. The van der Waals surface area contributed by atoms with E-state index in [2.05, 4.69) is 11.1 Å². The van der Waals surface area contributed by atoms with Gasteiger partial charge in [0.25, 0.3) is 0 Å². The van der Waals surface area contributed by atoms with Crippen LogP contribution in [0.5, 0.6) is 0 Å². The molecule has 0 aliphatic rings. The third kappa shape index (κ3) is 3.37. The Balaban J connectivity index is 2.01. The zero-order valence-electron chi connectivity index (χ0n) is 12.8. The average molecular weight is 371 g/mol. The first-order chi connectivity index (χ1) is 11.6. The Kier molecular flexibility index (Phi) is 5.01. The van der Waals surface area contributed by atoms with Crippen molar-refractivity contribution in [3.05, 3.63) is 75.3 Å². The largest absolute Gasteiger partial charge is 0.244 e. The molecule has 5 heteroatoms. The lowest BCUT2D eigenvalue weighted by molar-refractivity contribution is 1.42. The Hall–Kier alpha value is -2.12. The van der Waals surface area contributed by atoms with E-state index in [1.54, 1.807) is 18.3 Å². The number of aliphatic imine (C=N–C) groups is 1. The quantitative estimate of drug-likeness (QED) is 0.475. The number of nitrogens with zero attached hydrogens (tertiary/aromatic N) is 2. The average Bonchev–Trinajstić information content (AvgIpc) is 2.92. The smallest absolute Gasteiger partial charge is 0.134 e. The van der Waals surface area contributed by atoms with Crippen LogP contribution in [0.3, 0.4) is 0 Å². The summed E-state index contributed by atoms with van der Waals surface area (Å²) in [6.45, 7) is 1.95. The molecule has 3 rings (SSSR count). The van der Waals surface area contributed by atoms with Crippen molar-refractivity contribution >= 4 is 45.8 Å². The Morgan fingerprint density at radius 3 is 2.50 bits per heavy atom. The predicted molar refractivity (Wildman–Crippen MR) is 103 cm³/mol. The summed E-state index contributed by atoms with van der Waals surface area (Å²) in [6, 6.07) is 17.6. The number of hydrogen-bond acceptors (Lipinski definition) is 3. The molecule has 1 aromatic heterocycles. The Morgan fingerprint density at radius 2 is 1.83 bits per heavy atom. The first kappa shape index (κ1) is 16.7. The van der Waals surface area contributed by atoms with Gasteiger partial charge in [0.1, 0.15) is 11.1 Å². The predicted octanol–water partition coefficient (Wildman–Crippen LogP) is 6.65. The van der Waals surface area contributed by atoms with Gasteiger partial charge in [-0.25, -0.2) is 4.99 Å². The van der Waals surface area contributed by atoms with Crippen LogP contribution < -0.4 is 0 Å². The lowest BCUT2D eigenvalue weighted by Crippen LogP contribution is -1.81. The van der Waals surface area contributed by atoms with Crippen molar-refractivity contribution in [3.63, 3.8) is 0 Å². The molecule has 0 saturated carbocycles. The first-order valence-electron chi connectivity index (χ1n) is 7.18. The molecule has 2 nitrogen and oxygen atoms in total. The summed E-state index contributed by atoms with van der Waals surface area (Å²) < 4.78 is 0. The molecule has 0 unspecified atom stereocenters. The topological polar surface area (TPSA) is 36.1 Å². The summed E-state index contributed by atoms with van der Waals surface area (Å²) in [5.74, 6) is 0. The van der Waals surface area contributed by atoms with E-state index in [0.717, 1.165) is 21.6 Å². The van der Waals surface area contributed by atoms with Crippen molar-refractivity contribution in [1.82, 2.24) is 0 Å². The van der Waals surface area contributed by atoms with Crippen molar-refractivity contribution in [2.75, 3.05) is 0 Å². The number of thiophene rings is 1. The van der Waals surface area contributed by atoms with E-state index in [4.69, 9.17) is 23.2 Å². The van der Waals surface area contributed by atoms with E-state index in [0.29, 0.717) is 20.6 Å². The number of hydrogen-bond donors (Lipinski definition) is 0. The fourth-order valence-corrected chi connectivity index (χ4v) is 3.73. The van der Waals surface area contributed by atoms with Gasteiger partial charge >= 0.3 is 0 Å². The van der Waals surface area contributed by atoms with Crippen molar-refractivity contribution in [1.29, 1.82) is 5.26 Å². The molecular weight excluding hydrogens is 359 g/mol. The van der Waals surface area contributed by atoms with Gasteiger partial charge in [0.05, 0.1) is 15.6 Å². The molecular formula is C19H12Cl2N2S. The molecule has 24 heavy (non-hydrogen) atoms. The van der Waals surface area contributed by atoms with Crippen molar-refractivity contribution in [3.8, 4) is 16.5 Å². The Bertz CT molecular complexity index is 953. The van der Waals surface area contributed by atoms with Crippen LogP contribution in [-0.2, 0) is 0 Å². The molecule has 0 amide bonds.